The predicted molar refractivity (Wildman–Crippen MR) is 60.7 cm³/mol. The molecular formula is C10H13F3N2S. The van der Waals surface area contributed by atoms with Crippen molar-refractivity contribution in [1.82, 2.24) is 4.98 Å². The minimum atomic E-state index is -4.38. The molecule has 6 heteroatoms. The maximum absolute atomic E-state index is 12.3. The van der Waals surface area contributed by atoms with Crippen molar-refractivity contribution in [1.29, 1.82) is 0 Å². The second kappa shape index (κ2) is 5.98. The molecule has 0 unspecified atom stereocenters. The molecule has 0 saturated carbocycles. The van der Waals surface area contributed by atoms with Gasteiger partial charge in [0, 0.05) is 6.54 Å². The van der Waals surface area contributed by atoms with Crippen LogP contribution in [-0.4, -0.2) is 23.5 Å². The summed E-state index contributed by atoms with van der Waals surface area (Å²) in [7, 11) is 0. The number of nitrogens with zero attached hydrogens (tertiary/aromatic N) is 1. The third-order valence-corrected chi connectivity index (χ3v) is 2.57. The molecule has 0 spiro atoms. The first kappa shape index (κ1) is 13.2. The first-order valence-corrected chi connectivity index (χ1v) is 6.20. The Morgan fingerprint density at radius 1 is 1.38 bits per heavy atom. The van der Waals surface area contributed by atoms with E-state index in [-0.39, 0.29) is 5.82 Å². The van der Waals surface area contributed by atoms with Crippen molar-refractivity contribution in [2.24, 2.45) is 0 Å². The lowest BCUT2D eigenvalue weighted by Crippen LogP contribution is -2.11. The van der Waals surface area contributed by atoms with Crippen LogP contribution in [-0.2, 0) is 6.18 Å². The van der Waals surface area contributed by atoms with Gasteiger partial charge in [0.2, 0.25) is 0 Å². The fraction of sp³-hybridized carbons (Fsp3) is 0.500. The predicted octanol–water partition coefficient (Wildman–Crippen LogP) is 3.27. The summed E-state index contributed by atoms with van der Waals surface area (Å²) >= 11 is 1.70. The summed E-state index contributed by atoms with van der Waals surface area (Å²) in [4.78, 5) is 3.50. The molecule has 0 aliphatic heterocycles. The number of thioether (sulfide) groups is 1. The number of hydrogen-bond acceptors (Lipinski definition) is 3. The summed E-state index contributed by atoms with van der Waals surface area (Å²) in [6.07, 6.45) is -1.49. The van der Waals surface area contributed by atoms with Gasteiger partial charge < -0.3 is 5.32 Å². The van der Waals surface area contributed by atoms with E-state index in [0.717, 1.165) is 18.2 Å². The molecule has 1 N–H and O–H groups in total. The summed E-state index contributed by atoms with van der Waals surface area (Å²) in [6, 6.07) is 3.86. The maximum Gasteiger partial charge on any atom is 0.433 e. The van der Waals surface area contributed by atoms with E-state index >= 15 is 0 Å². The molecule has 90 valence electrons. The van der Waals surface area contributed by atoms with Crippen molar-refractivity contribution in [3.8, 4) is 0 Å². The number of hydrogen-bond donors (Lipinski definition) is 1. The van der Waals surface area contributed by atoms with Gasteiger partial charge in [0.15, 0.2) is 0 Å². The number of rotatable bonds is 5. The first-order chi connectivity index (χ1) is 7.54. The summed E-state index contributed by atoms with van der Waals surface area (Å²) < 4.78 is 37.0. The number of halogens is 3. The minimum absolute atomic E-state index is 0.274. The molecule has 1 aromatic rings. The molecule has 1 heterocycles. The van der Waals surface area contributed by atoms with Crippen LogP contribution in [0.2, 0.25) is 0 Å². The number of nitrogens with one attached hydrogen (secondary N) is 1. The van der Waals surface area contributed by atoms with E-state index in [2.05, 4.69) is 10.3 Å². The quantitative estimate of drug-likeness (QED) is 0.812. The Hall–Kier alpha value is -0.910. The number of anilines is 1. The largest absolute Gasteiger partial charge is 0.433 e. The molecule has 0 aliphatic rings. The Labute approximate surface area is 96.6 Å². The van der Waals surface area contributed by atoms with Gasteiger partial charge >= 0.3 is 6.18 Å². The highest BCUT2D eigenvalue weighted by Crippen LogP contribution is 2.28. The smallest absolute Gasteiger partial charge is 0.370 e. The van der Waals surface area contributed by atoms with Crippen LogP contribution in [0.25, 0.3) is 0 Å². The first-order valence-electron chi connectivity index (χ1n) is 4.81. The maximum atomic E-state index is 12.3. The highest BCUT2D eigenvalue weighted by molar-refractivity contribution is 7.98. The Kier molecular flexibility index (Phi) is 4.92. The molecule has 0 atom stereocenters. The average molecular weight is 250 g/mol. The molecule has 0 radical (unpaired) electrons. The lowest BCUT2D eigenvalue weighted by molar-refractivity contribution is -0.141. The minimum Gasteiger partial charge on any atom is -0.370 e. The number of aromatic nitrogens is 1. The van der Waals surface area contributed by atoms with E-state index in [0.29, 0.717) is 6.54 Å². The number of alkyl halides is 3. The third-order valence-electron chi connectivity index (χ3n) is 1.87. The van der Waals surface area contributed by atoms with Gasteiger partial charge in [-0.1, -0.05) is 6.07 Å². The molecule has 1 rings (SSSR count). The van der Waals surface area contributed by atoms with Crippen LogP contribution in [0, 0.1) is 0 Å². The summed E-state index contributed by atoms with van der Waals surface area (Å²) in [6.45, 7) is 0.634. The molecule has 0 aliphatic carbocycles. The van der Waals surface area contributed by atoms with Crippen LogP contribution in [0.1, 0.15) is 12.1 Å². The van der Waals surface area contributed by atoms with Crippen molar-refractivity contribution in [3.05, 3.63) is 23.9 Å². The van der Waals surface area contributed by atoms with Crippen molar-refractivity contribution in [3.63, 3.8) is 0 Å². The molecule has 0 amide bonds. The van der Waals surface area contributed by atoms with Crippen LogP contribution < -0.4 is 5.32 Å². The van der Waals surface area contributed by atoms with Crippen LogP contribution >= 0.6 is 11.8 Å². The normalized spacial score (nSPS) is 11.5. The van der Waals surface area contributed by atoms with Crippen molar-refractivity contribution >= 4 is 17.6 Å². The fourth-order valence-electron chi connectivity index (χ4n) is 1.12. The molecule has 0 saturated heterocycles. The van der Waals surface area contributed by atoms with E-state index in [4.69, 9.17) is 0 Å². The molecule has 1 aromatic heterocycles. The lowest BCUT2D eigenvalue weighted by Gasteiger charge is -2.09. The number of pyridine rings is 1. The molecule has 0 fully saturated rings. The standard InChI is InChI=1S/C10H13F3N2S/c1-16-7-3-6-14-9-5-2-4-8(15-9)10(11,12)13/h2,4-5H,3,6-7H2,1H3,(H,14,15). The highest BCUT2D eigenvalue weighted by Gasteiger charge is 2.32. The van der Waals surface area contributed by atoms with Crippen molar-refractivity contribution in [2.75, 3.05) is 23.9 Å². The van der Waals surface area contributed by atoms with Gasteiger partial charge in [0.1, 0.15) is 11.5 Å². The highest BCUT2D eigenvalue weighted by atomic mass is 32.2. The van der Waals surface area contributed by atoms with Crippen molar-refractivity contribution < 1.29 is 13.2 Å². The molecule has 0 bridgehead atoms. The summed E-state index contributed by atoms with van der Waals surface area (Å²) in [5.41, 5.74) is -0.859. The van der Waals surface area contributed by atoms with Gasteiger partial charge in [-0.05, 0) is 30.6 Å². The van der Waals surface area contributed by atoms with E-state index in [9.17, 15) is 13.2 Å². The van der Waals surface area contributed by atoms with E-state index in [1.165, 1.54) is 12.1 Å². The Bertz CT molecular complexity index is 328. The van der Waals surface area contributed by atoms with Gasteiger partial charge in [-0.3, -0.25) is 0 Å². The van der Waals surface area contributed by atoms with Gasteiger partial charge in [-0.25, -0.2) is 4.98 Å². The Morgan fingerprint density at radius 2 is 2.12 bits per heavy atom. The zero-order valence-corrected chi connectivity index (χ0v) is 9.66. The van der Waals surface area contributed by atoms with E-state index in [1.54, 1.807) is 11.8 Å². The zero-order valence-electron chi connectivity index (χ0n) is 8.84. The average Bonchev–Trinajstić information content (AvgIpc) is 2.24. The Morgan fingerprint density at radius 3 is 2.75 bits per heavy atom. The Balaban J connectivity index is 2.54. The zero-order chi connectivity index (χ0) is 12.0. The molecular weight excluding hydrogens is 237 g/mol. The van der Waals surface area contributed by atoms with E-state index < -0.39 is 11.9 Å². The van der Waals surface area contributed by atoms with Crippen LogP contribution in [0.3, 0.4) is 0 Å². The summed E-state index contributed by atoms with van der Waals surface area (Å²) in [5.74, 6) is 1.25. The third kappa shape index (κ3) is 4.30. The van der Waals surface area contributed by atoms with Crippen molar-refractivity contribution in [2.45, 2.75) is 12.6 Å². The molecule has 2 nitrogen and oxygen atoms in total. The molecule has 16 heavy (non-hydrogen) atoms. The van der Waals surface area contributed by atoms with Crippen LogP contribution in [0.15, 0.2) is 18.2 Å². The van der Waals surface area contributed by atoms with Gasteiger partial charge in [-0.2, -0.15) is 24.9 Å². The monoisotopic (exact) mass is 250 g/mol. The van der Waals surface area contributed by atoms with Gasteiger partial charge in [0.25, 0.3) is 0 Å². The SMILES string of the molecule is CSCCCNc1cccc(C(F)(F)F)n1. The van der Waals surface area contributed by atoms with Crippen LogP contribution in [0.4, 0.5) is 19.0 Å². The van der Waals surface area contributed by atoms with Gasteiger partial charge in [0.05, 0.1) is 0 Å². The fourth-order valence-corrected chi connectivity index (χ4v) is 1.56. The second-order valence-corrected chi connectivity index (χ2v) is 4.16. The molecule has 0 aromatic carbocycles. The van der Waals surface area contributed by atoms with E-state index in [1.807, 2.05) is 6.26 Å². The lowest BCUT2D eigenvalue weighted by atomic mass is 10.3. The van der Waals surface area contributed by atoms with Crippen LogP contribution in [0.5, 0.6) is 0 Å². The summed E-state index contributed by atoms with van der Waals surface area (Å²) in [5, 5.41) is 2.87. The second-order valence-electron chi connectivity index (χ2n) is 3.18. The van der Waals surface area contributed by atoms with Gasteiger partial charge in [-0.15, -0.1) is 0 Å². The topological polar surface area (TPSA) is 24.9 Å².